The zero-order chi connectivity index (χ0) is 15.1. The maximum Gasteiger partial charge on any atom is 0.243 e. The molecule has 0 aromatic carbocycles. The van der Waals surface area contributed by atoms with Crippen LogP contribution in [0.4, 0.5) is 17.8 Å². The van der Waals surface area contributed by atoms with Crippen LogP contribution in [0.1, 0.15) is 52.4 Å². The van der Waals surface area contributed by atoms with Crippen LogP contribution in [0, 0.1) is 0 Å². The fourth-order valence-electron chi connectivity index (χ4n) is 2.55. The number of rotatable bonds is 8. The second-order valence-electron chi connectivity index (χ2n) is 5.66. The Kier molecular flexibility index (Phi) is 5.98. The summed E-state index contributed by atoms with van der Waals surface area (Å²) in [6, 6.07) is 0.344. The second kappa shape index (κ2) is 7.97. The molecule has 0 radical (unpaired) electrons. The van der Waals surface area contributed by atoms with E-state index in [4.69, 9.17) is 5.84 Å². The van der Waals surface area contributed by atoms with Crippen LogP contribution < -0.4 is 21.5 Å². The summed E-state index contributed by atoms with van der Waals surface area (Å²) >= 11 is 0. The number of anilines is 3. The zero-order valence-electron chi connectivity index (χ0n) is 13.1. The van der Waals surface area contributed by atoms with Crippen molar-refractivity contribution >= 4 is 17.8 Å². The van der Waals surface area contributed by atoms with E-state index in [0.717, 1.165) is 19.5 Å². The molecule has 118 valence electrons. The number of nitrogens with two attached hydrogens (primary N) is 1. The molecule has 1 aromatic rings. The lowest BCUT2D eigenvalue weighted by molar-refractivity contribution is 0.611. The molecule has 0 aliphatic carbocycles. The first-order chi connectivity index (χ1) is 10.2. The summed E-state index contributed by atoms with van der Waals surface area (Å²) in [4.78, 5) is 15.3. The fourth-order valence-corrected chi connectivity index (χ4v) is 2.55. The molecule has 1 aliphatic rings. The predicted molar refractivity (Wildman–Crippen MR) is 86.3 cm³/mol. The molecule has 4 N–H and O–H groups in total. The Labute approximate surface area is 126 Å². The monoisotopic (exact) mass is 293 g/mol. The van der Waals surface area contributed by atoms with Gasteiger partial charge in [0, 0.05) is 19.1 Å². The lowest BCUT2D eigenvalue weighted by Gasteiger charge is -2.18. The van der Waals surface area contributed by atoms with E-state index < -0.39 is 0 Å². The molecule has 1 atom stereocenters. The quantitative estimate of drug-likeness (QED) is 0.384. The topological polar surface area (TPSA) is 92.0 Å². The normalized spacial score (nSPS) is 16.0. The smallest absolute Gasteiger partial charge is 0.243 e. The summed E-state index contributed by atoms with van der Waals surface area (Å²) < 4.78 is 0. The van der Waals surface area contributed by atoms with Crippen molar-refractivity contribution in [2.75, 3.05) is 28.7 Å². The van der Waals surface area contributed by atoms with Crippen molar-refractivity contribution in [3.8, 4) is 0 Å². The van der Waals surface area contributed by atoms with Crippen LogP contribution in [0.2, 0.25) is 0 Å². The second-order valence-corrected chi connectivity index (χ2v) is 5.66. The van der Waals surface area contributed by atoms with E-state index in [1.54, 1.807) is 0 Å². The maximum absolute atomic E-state index is 5.47. The van der Waals surface area contributed by atoms with Gasteiger partial charge < -0.3 is 10.2 Å². The van der Waals surface area contributed by atoms with Gasteiger partial charge in [0.15, 0.2) is 0 Å². The van der Waals surface area contributed by atoms with Gasteiger partial charge in [-0.3, -0.25) is 5.43 Å². The van der Waals surface area contributed by atoms with Crippen LogP contribution in [0.5, 0.6) is 0 Å². The Morgan fingerprint density at radius 1 is 1.14 bits per heavy atom. The van der Waals surface area contributed by atoms with Crippen LogP contribution in [0.25, 0.3) is 0 Å². The molecular formula is C14H27N7. The van der Waals surface area contributed by atoms with Crippen LogP contribution >= 0.6 is 0 Å². The highest BCUT2D eigenvalue weighted by atomic mass is 15.4. The highest BCUT2D eigenvalue weighted by Crippen LogP contribution is 2.19. The Morgan fingerprint density at radius 2 is 1.86 bits per heavy atom. The number of hydrazine groups is 1. The predicted octanol–water partition coefficient (Wildman–Crippen LogP) is 2.14. The van der Waals surface area contributed by atoms with Crippen molar-refractivity contribution in [3.05, 3.63) is 0 Å². The van der Waals surface area contributed by atoms with Gasteiger partial charge in [-0.05, 0) is 26.2 Å². The molecule has 7 nitrogen and oxygen atoms in total. The lowest BCUT2D eigenvalue weighted by atomic mass is 10.1. The molecule has 21 heavy (non-hydrogen) atoms. The van der Waals surface area contributed by atoms with Gasteiger partial charge in [0.05, 0.1) is 0 Å². The van der Waals surface area contributed by atoms with Crippen molar-refractivity contribution in [1.82, 2.24) is 15.0 Å². The summed E-state index contributed by atoms with van der Waals surface area (Å²) in [5.41, 5.74) is 2.53. The first-order valence-corrected chi connectivity index (χ1v) is 7.97. The van der Waals surface area contributed by atoms with Gasteiger partial charge in [0.2, 0.25) is 17.8 Å². The Bertz CT molecular complexity index is 431. The zero-order valence-corrected chi connectivity index (χ0v) is 13.1. The van der Waals surface area contributed by atoms with Gasteiger partial charge in [-0.1, -0.05) is 26.2 Å². The van der Waals surface area contributed by atoms with Gasteiger partial charge >= 0.3 is 0 Å². The first kappa shape index (κ1) is 15.8. The summed E-state index contributed by atoms with van der Waals surface area (Å²) in [5, 5.41) is 3.35. The molecule has 7 heteroatoms. The third kappa shape index (κ3) is 4.70. The van der Waals surface area contributed by atoms with Crippen LogP contribution in [-0.2, 0) is 0 Å². The highest BCUT2D eigenvalue weighted by molar-refractivity contribution is 5.44. The highest BCUT2D eigenvalue weighted by Gasteiger charge is 2.17. The van der Waals surface area contributed by atoms with Crippen molar-refractivity contribution in [2.24, 2.45) is 5.84 Å². The van der Waals surface area contributed by atoms with Crippen LogP contribution in [0.3, 0.4) is 0 Å². The van der Waals surface area contributed by atoms with E-state index in [1.165, 1.54) is 32.1 Å². The number of unbranched alkanes of at least 4 members (excludes halogenated alkanes) is 2. The summed E-state index contributed by atoms with van der Waals surface area (Å²) in [6.45, 7) is 6.37. The number of hydrogen-bond acceptors (Lipinski definition) is 7. The molecule has 0 bridgehead atoms. The van der Waals surface area contributed by atoms with Gasteiger partial charge in [0.1, 0.15) is 0 Å². The third-order valence-electron chi connectivity index (χ3n) is 3.76. The molecule has 0 spiro atoms. The van der Waals surface area contributed by atoms with E-state index in [1.807, 2.05) is 0 Å². The van der Waals surface area contributed by atoms with Crippen LogP contribution in [0.15, 0.2) is 0 Å². The number of nitrogens with zero attached hydrogens (tertiary/aromatic N) is 4. The Hall–Kier alpha value is -1.63. The Balaban J connectivity index is 2.02. The Morgan fingerprint density at radius 3 is 2.52 bits per heavy atom. The van der Waals surface area contributed by atoms with Gasteiger partial charge in [-0.15, -0.1) is 0 Å². The minimum absolute atomic E-state index is 0.344. The van der Waals surface area contributed by atoms with E-state index in [9.17, 15) is 0 Å². The van der Waals surface area contributed by atoms with Crippen molar-refractivity contribution in [1.29, 1.82) is 0 Å². The van der Waals surface area contributed by atoms with Gasteiger partial charge in [-0.25, -0.2) is 5.84 Å². The lowest BCUT2D eigenvalue weighted by Crippen LogP contribution is -2.24. The molecule has 2 heterocycles. The van der Waals surface area contributed by atoms with Gasteiger partial charge in [-0.2, -0.15) is 15.0 Å². The van der Waals surface area contributed by atoms with E-state index in [-0.39, 0.29) is 0 Å². The maximum atomic E-state index is 5.47. The third-order valence-corrected chi connectivity index (χ3v) is 3.76. The van der Waals surface area contributed by atoms with Crippen molar-refractivity contribution < 1.29 is 0 Å². The number of nitrogen functional groups attached to an aromatic ring is 1. The molecule has 1 unspecified atom stereocenters. The van der Waals surface area contributed by atoms with E-state index in [2.05, 4.69) is 44.4 Å². The summed E-state index contributed by atoms with van der Waals surface area (Å²) in [6.07, 6.45) is 7.21. The summed E-state index contributed by atoms with van der Waals surface area (Å²) in [5.74, 6) is 7.19. The molecule has 2 rings (SSSR count). The average molecular weight is 293 g/mol. The minimum atomic E-state index is 0.344. The first-order valence-electron chi connectivity index (χ1n) is 7.97. The minimum Gasteiger partial charge on any atom is -0.352 e. The fraction of sp³-hybridized carbons (Fsp3) is 0.786. The van der Waals surface area contributed by atoms with Crippen LogP contribution in [-0.4, -0.2) is 34.1 Å². The molecular weight excluding hydrogens is 266 g/mol. The average Bonchev–Trinajstić information content (AvgIpc) is 3.01. The molecule has 1 aromatic heterocycles. The number of nitrogens with one attached hydrogen (secondary N) is 2. The summed E-state index contributed by atoms with van der Waals surface area (Å²) in [7, 11) is 0. The number of hydrogen-bond donors (Lipinski definition) is 3. The van der Waals surface area contributed by atoms with Crippen molar-refractivity contribution in [2.45, 2.75) is 58.4 Å². The molecule has 1 fully saturated rings. The van der Waals surface area contributed by atoms with E-state index >= 15 is 0 Å². The molecule has 0 amide bonds. The standard InChI is InChI=1S/C14H27N7/c1-3-4-5-8-11(2)16-12-17-13(20-15)19-14(18-12)21-9-6-7-10-21/h11H,3-10,15H2,1-2H3,(H2,16,17,18,19,20). The van der Waals surface area contributed by atoms with Gasteiger partial charge in [0.25, 0.3) is 0 Å². The van der Waals surface area contributed by atoms with Crippen molar-refractivity contribution in [3.63, 3.8) is 0 Å². The molecule has 1 saturated heterocycles. The molecule has 0 saturated carbocycles. The number of aromatic nitrogens is 3. The molecule has 1 aliphatic heterocycles. The largest absolute Gasteiger partial charge is 0.352 e. The van der Waals surface area contributed by atoms with E-state index in [0.29, 0.717) is 23.9 Å². The SMILES string of the molecule is CCCCCC(C)Nc1nc(NN)nc(N2CCCC2)n1.